The smallest absolute Gasteiger partial charge is 0.120 e. The van der Waals surface area contributed by atoms with Crippen molar-refractivity contribution in [3.8, 4) is 0 Å². The van der Waals surface area contributed by atoms with Gasteiger partial charge in [0.25, 0.3) is 0 Å². The second-order valence-corrected chi connectivity index (χ2v) is 5.21. The molecule has 2 heterocycles. The van der Waals surface area contributed by atoms with E-state index in [0.29, 0.717) is 25.3 Å². The summed E-state index contributed by atoms with van der Waals surface area (Å²) in [5, 5.41) is 0. The Morgan fingerprint density at radius 3 is 2.79 bits per heavy atom. The molecule has 14 heavy (non-hydrogen) atoms. The van der Waals surface area contributed by atoms with E-state index in [1.807, 2.05) is 4.90 Å². The van der Waals surface area contributed by atoms with Crippen LogP contribution in [0.5, 0.6) is 0 Å². The summed E-state index contributed by atoms with van der Waals surface area (Å²) in [4.78, 5) is 2.04. The molecule has 2 fully saturated rings. The first-order valence-corrected chi connectivity index (χ1v) is 5.58. The predicted octanol–water partition coefficient (Wildman–Crippen LogP) is 2.56. The molecule has 2 saturated heterocycles. The molecule has 0 amide bonds. The van der Waals surface area contributed by atoms with E-state index < -0.39 is 17.9 Å². The van der Waals surface area contributed by atoms with Crippen molar-refractivity contribution in [2.75, 3.05) is 13.1 Å². The molecule has 0 spiro atoms. The van der Waals surface area contributed by atoms with E-state index in [0.717, 1.165) is 13.0 Å². The zero-order valence-electron chi connectivity index (χ0n) is 8.97. The summed E-state index contributed by atoms with van der Waals surface area (Å²) in [6.45, 7) is 5.37. The fourth-order valence-corrected chi connectivity index (χ4v) is 3.22. The van der Waals surface area contributed by atoms with E-state index in [-0.39, 0.29) is 0 Å². The van der Waals surface area contributed by atoms with Gasteiger partial charge in [0.1, 0.15) is 12.3 Å². The summed E-state index contributed by atoms with van der Waals surface area (Å²) >= 11 is 0. The molecule has 2 rings (SSSR count). The standard InChI is InChI=1S/C11H19F2N/c1-8(2)5-11-6-9(12)7-14(11)4-3-10(11)13/h8-10H,3-7H2,1-2H3/t9-,10+,11-/m1/s1. The zero-order valence-corrected chi connectivity index (χ0v) is 8.97. The van der Waals surface area contributed by atoms with Crippen LogP contribution in [0.2, 0.25) is 0 Å². The molecule has 0 bridgehead atoms. The number of rotatable bonds is 2. The quantitative estimate of drug-likeness (QED) is 0.666. The number of fused-ring (bicyclic) bond motifs is 1. The van der Waals surface area contributed by atoms with Crippen molar-refractivity contribution in [2.24, 2.45) is 5.92 Å². The van der Waals surface area contributed by atoms with E-state index in [1.165, 1.54) is 0 Å². The van der Waals surface area contributed by atoms with Gasteiger partial charge >= 0.3 is 0 Å². The molecule has 0 radical (unpaired) electrons. The Balaban J connectivity index is 2.17. The lowest BCUT2D eigenvalue weighted by Crippen LogP contribution is -2.45. The first kappa shape index (κ1) is 10.3. The molecule has 2 aliphatic rings. The molecule has 3 atom stereocenters. The lowest BCUT2D eigenvalue weighted by Gasteiger charge is -2.35. The maximum atomic E-state index is 13.9. The Kier molecular flexibility index (Phi) is 2.54. The predicted molar refractivity (Wildman–Crippen MR) is 52.8 cm³/mol. The minimum atomic E-state index is -0.814. The molecule has 0 saturated carbocycles. The summed E-state index contributed by atoms with van der Waals surface area (Å²) < 4.78 is 27.2. The van der Waals surface area contributed by atoms with Gasteiger partial charge in [-0.25, -0.2) is 8.78 Å². The van der Waals surface area contributed by atoms with Crippen LogP contribution in [0.1, 0.15) is 33.1 Å². The highest BCUT2D eigenvalue weighted by molar-refractivity contribution is 5.09. The minimum Gasteiger partial charge on any atom is -0.292 e. The third-order valence-electron chi connectivity index (χ3n) is 3.62. The first-order chi connectivity index (χ1) is 6.54. The van der Waals surface area contributed by atoms with Crippen LogP contribution < -0.4 is 0 Å². The van der Waals surface area contributed by atoms with Gasteiger partial charge in [0.15, 0.2) is 0 Å². The SMILES string of the molecule is CC(C)C[C@]12C[C@@H](F)CN1CC[C@@H]2F. The van der Waals surface area contributed by atoms with E-state index >= 15 is 0 Å². The van der Waals surface area contributed by atoms with Gasteiger partial charge < -0.3 is 0 Å². The highest BCUT2D eigenvalue weighted by Gasteiger charge is 2.55. The maximum Gasteiger partial charge on any atom is 0.120 e. The van der Waals surface area contributed by atoms with Crippen molar-refractivity contribution in [1.29, 1.82) is 0 Å². The number of hydrogen-bond donors (Lipinski definition) is 0. The Morgan fingerprint density at radius 2 is 2.14 bits per heavy atom. The molecule has 0 aromatic rings. The van der Waals surface area contributed by atoms with Gasteiger partial charge in [0, 0.05) is 19.5 Å². The normalized spacial score (nSPS) is 43.5. The van der Waals surface area contributed by atoms with Crippen LogP contribution in [-0.2, 0) is 0 Å². The van der Waals surface area contributed by atoms with Gasteiger partial charge in [-0.3, -0.25) is 4.90 Å². The summed E-state index contributed by atoms with van der Waals surface area (Å²) in [5.41, 5.74) is -0.451. The largest absolute Gasteiger partial charge is 0.292 e. The third kappa shape index (κ3) is 1.46. The van der Waals surface area contributed by atoms with E-state index in [2.05, 4.69) is 13.8 Å². The minimum absolute atomic E-state index is 0.409. The molecule has 0 aromatic heterocycles. The Morgan fingerprint density at radius 1 is 1.43 bits per heavy atom. The molecular weight excluding hydrogens is 184 g/mol. The van der Waals surface area contributed by atoms with Crippen LogP contribution >= 0.6 is 0 Å². The zero-order chi connectivity index (χ0) is 10.3. The number of hydrogen-bond acceptors (Lipinski definition) is 1. The molecular formula is C11H19F2N. The molecule has 2 aliphatic heterocycles. The Bertz CT molecular complexity index is 219. The van der Waals surface area contributed by atoms with Gasteiger partial charge in [-0.15, -0.1) is 0 Å². The number of halogens is 2. The van der Waals surface area contributed by atoms with Crippen molar-refractivity contribution < 1.29 is 8.78 Å². The van der Waals surface area contributed by atoms with Crippen LogP contribution in [0.3, 0.4) is 0 Å². The van der Waals surface area contributed by atoms with E-state index in [9.17, 15) is 8.78 Å². The van der Waals surface area contributed by atoms with Crippen molar-refractivity contribution >= 4 is 0 Å². The molecule has 1 nitrogen and oxygen atoms in total. The van der Waals surface area contributed by atoms with Crippen LogP contribution in [0.4, 0.5) is 8.78 Å². The molecule has 3 heteroatoms. The average Bonchev–Trinajstić information content (AvgIpc) is 2.49. The van der Waals surface area contributed by atoms with Crippen LogP contribution in [0.15, 0.2) is 0 Å². The van der Waals surface area contributed by atoms with Crippen molar-refractivity contribution in [3.63, 3.8) is 0 Å². The molecule has 0 N–H and O–H groups in total. The third-order valence-corrected chi connectivity index (χ3v) is 3.62. The highest BCUT2D eigenvalue weighted by atomic mass is 19.1. The number of nitrogens with zero attached hydrogens (tertiary/aromatic N) is 1. The van der Waals surface area contributed by atoms with Gasteiger partial charge in [-0.2, -0.15) is 0 Å². The maximum absolute atomic E-state index is 13.9. The highest BCUT2D eigenvalue weighted by Crippen LogP contribution is 2.45. The van der Waals surface area contributed by atoms with Crippen LogP contribution in [-0.4, -0.2) is 35.9 Å². The van der Waals surface area contributed by atoms with E-state index in [4.69, 9.17) is 0 Å². The van der Waals surface area contributed by atoms with Crippen molar-refractivity contribution in [1.82, 2.24) is 4.90 Å². The summed E-state index contributed by atoms with van der Waals surface area (Å²) in [6.07, 6.45) is 0.179. The van der Waals surface area contributed by atoms with E-state index in [1.54, 1.807) is 0 Å². The molecule has 82 valence electrons. The van der Waals surface area contributed by atoms with Gasteiger partial charge in [-0.1, -0.05) is 13.8 Å². The van der Waals surface area contributed by atoms with Crippen molar-refractivity contribution in [3.05, 3.63) is 0 Å². The lowest BCUT2D eigenvalue weighted by molar-refractivity contribution is 0.0927. The summed E-state index contributed by atoms with van der Waals surface area (Å²) in [5.74, 6) is 0.444. The van der Waals surface area contributed by atoms with Gasteiger partial charge in [0.2, 0.25) is 0 Å². The van der Waals surface area contributed by atoms with Crippen molar-refractivity contribution in [2.45, 2.75) is 51.0 Å². The fourth-order valence-electron chi connectivity index (χ4n) is 3.22. The summed E-state index contributed by atoms with van der Waals surface area (Å²) in [7, 11) is 0. The lowest BCUT2D eigenvalue weighted by atomic mass is 9.83. The topological polar surface area (TPSA) is 3.24 Å². The Labute approximate surface area is 84.5 Å². The summed E-state index contributed by atoms with van der Waals surface area (Å²) in [6, 6.07) is 0. The molecule has 0 aromatic carbocycles. The van der Waals surface area contributed by atoms with Crippen LogP contribution in [0, 0.1) is 5.92 Å². The average molecular weight is 203 g/mol. The van der Waals surface area contributed by atoms with Gasteiger partial charge in [0.05, 0.1) is 5.54 Å². The first-order valence-electron chi connectivity index (χ1n) is 5.58. The van der Waals surface area contributed by atoms with Crippen LogP contribution in [0.25, 0.3) is 0 Å². The monoisotopic (exact) mass is 203 g/mol. The van der Waals surface area contributed by atoms with Gasteiger partial charge in [-0.05, 0) is 18.8 Å². The second kappa shape index (κ2) is 3.44. The molecule has 0 aliphatic carbocycles. The fraction of sp³-hybridized carbons (Fsp3) is 1.00. The molecule has 0 unspecified atom stereocenters. The second-order valence-electron chi connectivity index (χ2n) is 5.21. The Hall–Kier alpha value is -0.180. The number of alkyl halides is 2.